The van der Waals surface area contributed by atoms with Gasteiger partial charge in [-0.25, -0.2) is 4.39 Å². The van der Waals surface area contributed by atoms with E-state index in [1.807, 2.05) is 30.3 Å². The molecule has 0 fully saturated rings. The SMILES string of the molecule is NNC(CSc1ccccc1F)c1ccccc1Cl. The number of hydrazine groups is 1. The smallest absolute Gasteiger partial charge is 0.136 e. The maximum Gasteiger partial charge on any atom is 0.136 e. The molecule has 5 heteroatoms. The first-order valence-corrected chi connectivity index (χ1v) is 7.16. The number of hydrogen-bond acceptors (Lipinski definition) is 3. The summed E-state index contributed by atoms with van der Waals surface area (Å²) < 4.78 is 13.5. The van der Waals surface area contributed by atoms with Crippen molar-refractivity contribution in [2.75, 3.05) is 5.75 Å². The Bertz CT molecular complexity index is 550. The maximum absolute atomic E-state index is 13.5. The van der Waals surface area contributed by atoms with Crippen LogP contribution in [0.4, 0.5) is 4.39 Å². The number of nitrogens with one attached hydrogen (secondary N) is 1. The molecule has 0 heterocycles. The van der Waals surface area contributed by atoms with Gasteiger partial charge in [0.25, 0.3) is 0 Å². The molecule has 0 amide bonds. The number of nitrogens with two attached hydrogens (primary N) is 1. The Morgan fingerprint density at radius 2 is 1.84 bits per heavy atom. The molecule has 0 spiro atoms. The minimum Gasteiger partial charge on any atom is -0.271 e. The zero-order valence-corrected chi connectivity index (χ0v) is 11.7. The molecule has 0 saturated heterocycles. The van der Waals surface area contributed by atoms with E-state index < -0.39 is 0 Å². The number of rotatable bonds is 5. The lowest BCUT2D eigenvalue weighted by Crippen LogP contribution is -2.29. The summed E-state index contributed by atoms with van der Waals surface area (Å²) in [6.45, 7) is 0. The minimum absolute atomic E-state index is 0.127. The summed E-state index contributed by atoms with van der Waals surface area (Å²) in [4.78, 5) is 0.606. The van der Waals surface area contributed by atoms with Crippen LogP contribution >= 0.6 is 23.4 Å². The summed E-state index contributed by atoms with van der Waals surface area (Å²) >= 11 is 7.54. The van der Waals surface area contributed by atoms with Crippen LogP contribution < -0.4 is 11.3 Å². The van der Waals surface area contributed by atoms with E-state index in [1.54, 1.807) is 12.1 Å². The van der Waals surface area contributed by atoms with Gasteiger partial charge in [-0.1, -0.05) is 41.9 Å². The molecule has 0 saturated carbocycles. The van der Waals surface area contributed by atoms with E-state index in [2.05, 4.69) is 5.43 Å². The summed E-state index contributed by atoms with van der Waals surface area (Å²) in [5.41, 5.74) is 3.63. The Labute approximate surface area is 121 Å². The number of thioether (sulfide) groups is 1. The highest BCUT2D eigenvalue weighted by Gasteiger charge is 2.14. The third-order valence-electron chi connectivity index (χ3n) is 2.72. The molecule has 19 heavy (non-hydrogen) atoms. The fourth-order valence-electron chi connectivity index (χ4n) is 1.72. The predicted octanol–water partition coefficient (Wildman–Crippen LogP) is 3.78. The van der Waals surface area contributed by atoms with Gasteiger partial charge >= 0.3 is 0 Å². The molecular formula is C14H14ClFN2S. The van der Waals surface area contributed by atoms with Crippen LogP contribution in [0, 0.1) is 5.82 Å². The van der Waals surface area contributed by atoms with Crippen molar-refractivity contribution in [3.05, 3.63) is 64.9 Å². The van der Waals surface area contributed by atoms with Crippen molar-refractivity contribution in [1.82, 2.24) is 5.43 Å². The van der Waals surface area contributed by atoms with Crippen LogP contribution in [0.3, 0.4) is 0 Å². The van der Waals surface area contributed by atoms with E-state index >= 15 is 0 Å². The molecule has 0 aromatic heterocycles. The number of hydrogen-bond donors (Lipinski definition) is 2. The third-order valence-corrected chi connectivity index (χ3v) is 4.21. The van der Waals surface area contributed by atoms with Crippen molar-refractivity contribution in [2.24, 2.45) is 5.84 Å². The summed E-state index contributed by atoms with van der Waals surface area (Å²) in [5, 5.41) is 0.652. The molecule has 100 valence electrons. The van der Waals surface area contributed by atoms with E-state index in [4.69, 9.17) is 17.4 Å². The normalized spacial score (nSPS) is 12.4. The van der Waals surface area contributed by atoms with Crippen LogP contribution in [0.5, 0.6) is 0 Å². The van der Waals surface area contributed by atoms with E-state index in [0.717, 1.165) is 5.56 Å². The van der Waals surface area contributed by atoms with E-state index in [1.165, 1.54) is 17.8 Å². The standard InChI is InChI=1S/C14H14ClFN2S/c15-11-6-2-1-5-10(11)13(18-17)9-19-14-8-4-3-7-12(14)16/h1-8,13,18H,9,17H2. The van der Waals surface area contributed by atoms with Crippen LogP contribution in [0.25, 0.3) is 0 Å². The molecule has 2 aromatic rings. The van der Waals surface area contributed by atoms with E-state index in [0.29, 0.717) is 15.7 Å². The third kappa shape index (κ3) is 3.70. The molecular weight excluding hydrogens is 283 g/mol. The van der Waals surface area contributed by atoms with Gasteiger partial charge in [-0.15, -0.1) is 11.8 Å². The van der Waals surface area contributed by atoms with Crippen LogP contribution in [0.15, 0.2) is 53.4 Å². The molecule has 2 nitrogen and oxygen atoms in total. The number of benzene rings is 2. The van der Waals surface area contributed by atoms with Gasteiger partial charge in [0, 0.05) is 15.7 Å². The number of halogens is 2. The molecule has 0 aliphatic rings. The van der Waals surface area contributed by atoms with Crippen LogP contribution in [0.1, 0.15) is 11.6 Å². The zero-order chi connectivity index (χ0) is 13.7. The molecule has 0 aliphatic heterocycles. The Balaban J connectivity index is 2.09. The average molecular weight is 297 g/mol. The largest absolute Gasteiger partial charge is 0.271 e. The highest BCUT2D eigenvalue weighted by atomic mass is 35.5. The quantitative estimate of drug-likeness (QED) is 0.501. The second-order valence-electron chi connectivity index (χ2n) is 3.98. The van der Waals surface area contributed by atoms with Crippen molar-refractivity contribution in [1.29, 1.82) is 0 Å². The van der Waals surface area contributed by atoms with Gasteiger partial charge in [0.15, 0.2) is 0 Å². The molecule has 0 bridgehead atoms. The zero-order valence-electron chi connectivity index (χ0n) is 10.1. The van der Waals surface area contributed by atoms with Crippen molar-refractivity contribution in [3.8, 4) is 0 Å². The van der Waals surface area contributed by atoms with Crippen LogP contribution in [-0.2, 0) is 0 Å². The second kappa shape index (κ2) is 6.91. The highest BCUT2D eigenvalue weighted by Crippen LogP contribution is 2.29. The van der Waals surface area contributed by atoms with Crippen molar-refractivity contribution in [3.63, 3.8) is 0 Å². The van der Waals surface area contributed by atoms with E-state index in [9.17, 15) is 4.39 Å². The van der Waals surface area contributed by atoms with Gasteiger partial charge in [-0.3, -0.25) is 11.3 Å². The minimum atomic E-state index is -0.220. The van der Waals surface area contributed by atoms with Crippen molar-refractivity contribution in [2.45, 2.75) is 10.9 Å². The maximum atomic E-state index is 13.5. The molecule has 2 rings (SSSR count). The Morgan fingerprint density at radius 3 is 2.53 bits per heavy atom. The molecule has 1 atom stereocenters. The van der Waals surface area contributed by atoms with Gasteiger partial charge in [0.2, 0.25) is 0 Å². The fraction of sp³-hybridized carbons (Fsp3) is 0.143. The van der Waals surface area contributed by atoms with Crippen LogP contribution in [-0.4, -0.2) is 5.75 Å². The summed E-state index contributed by atoms with van der Waals surface area (Å²) in [6, 6.07) is 14.0. The monoisotopic (exact) mass is 296 g/mol. The molecule has 1 unspecified atom stereocenters. The van der Waals surface area contributed by atoms with Crippen molar-refractivity contribution < 1.29 is 4.39 Å². The molecule has 0 radical (unpaired) electrons. The van der Waals surface area contributed by atoms with Crippen LogP contribution in [0.2, 0.25) is 5.02 Å². The van der Waals surface area contributed by atoms with Gasteiger partial charge < -0.3 is 0 Å². The highest BCUT2D eigenvalue weighted by molar-refractivity contribution is 7.99. The molecule has 0 aliphatic carbocycles. The Morgan fingerprint density at radius 1 is 1.16 bits per heavy atom. The van der Waals surface area contributed by atoms with E-state index in [-0.39, 0.29) is 11.9 Å². The second-order valence-corrected chi connectivity index (χ2v) is 5.45. The predicted molar refractivity (Wildman–Crippen MR) is 78.6 cm³/mol. The summed E-state index contributed by atoms with van der Waals surface area (Å²) in [5.74, 6) is 5.94. The first kappa shape index (κ1) is 14.3. The topological polar surface area (TPSA) is 38.0 Å². The average Bonchev–Trinajstić information content (AvgIpc) is 2.43. The first-order valence-electron chi connectivity index (χ1n) is 5.80. The van der Waals surface area contributed by atoms with Gasteiger partial charge in [-0.05, 0) is 23.8 Å². The van der Waals surface area contributed by atoms with Gasteiger partial charge in [0.1, 0.15) is 5.82 Å². The lowest BCUT2D eigenvalue weighted by Gasteiger charge is -2.17. The fourth-order valence-corrected chi connectivity index (χ4v) is 2.99. The van der Waals surface area contributed by atoms with Crippen molar-refractivity contribution >= 4 is 23.4 Å². The Kier molecular flexibility index (Phi) is 5.22. The summed E-state index contributed by atoms with van der Waals surface area (Å²) in [6.07, 6.45) is 0. The van der Waals surface area contributed by atoms with Gasteiger partial charge in [-0.2, -0.15) is 0 Å². The Hall–Kier alpha value is -1.07. The summed E-state index contributed by atoms with van der Waals surface area (Å²) in [7, 11) is 0. The lowest BCUT2D eigenvalue weighted by molar-refractivity contribution is 0.597. The molecule has 2 aromatic carbocycles. The van der Waals surface area contributed by atoms with Gasteiger partial charge in [0.05, 0.1) is 6.04 Å². The first-order chi connectivity index (χ1) is 9.22. The lowest BCUT2D eigenvalue weighted by atomic mass is 10.1. The molecule has 3 N–H and O–H groups in total.